The van der Waals surface area contributed by atoms with E-state index >= 15 is 0 Å². The normalized spacial score (nSPS) is 10.8. The predicted octanol–water partition coefficient (Wildman–Crippen LogP) is 3.78. The Morgan fingerprint density at radius 2 is 1.43 bits per heavy atom. The van der Waals surface area contributed by atoms with E-state index in [-0.39, 0.29) is 5.91 Å². The van der Waals surface area contributed by atoms with Crippen LogP contribution in [0.5, 0.6) is 5.75 Å². The number of hydrogen-bond donors (Lipinski definition) is 5. The highest BCUT2D eigenvalue weighted by Gasteiger charge is 2.38. The van der Waals surface area contributed by atoms with E-state index in [0.29, 0.717) is 36.1 Å². The van der Waals surface area contributed by atoms with Gasteiger partial charge in [-0.1, -0.05) is 18.2 Å². The number of rotatable bonds is 6. The molecule has 0 unspecified atom stereocenters. The van der Waals surface area contributed by atoms with E-state index in [1.165, 1.54) is 0 Å². The van der Waals surface area contributed by atoms with E-state index in [1.54, 1.807) is 35.4 Å². The molecular formula is C25H25F6N5O6. The molecule has 0 atom stereocenters. The van der Waals surface area contributed by atoms with Crippen molar-refractivity contribution >= 4 is 40.3 Å². The second kappa shape index (κ2) is 15.1. The fourth-order valence-corrected chi connectivity index (χ4v) is 2.73. The van der Waals surface area contributed by atoms with Gasteiger partial charge in [-0.2, -0.15) is 26.3 Å². The van der Waals surface area contributed by atoms with Gasteiger partial charge in [-0.3, -0.25) is 10.2 Å². The summed E-state index contributed by atoms with van der Waals surface area (Å²) in [4.78, 5) is 35.8. The molecule has 0 aliphatic carbocycles. The summed E-state index contributed by atoms with van der Waals surface area (Å²) >= 11 is 0. The Balaban J connectivity index is 0.000000522. The molecule has 0 saturated heterocycles. The van der Waals surface area contributed by atoms with Crippen molar-refractivity contribution in [2.45, 2.75) is 12.4 Å². The number of aliphatic carboxylic acids is 2. The van der Waals surface area contributed by atoms with Gasteiger partial charge in [-0.15, -0.1) is 0 Å². The van der Waals surface area contributed by atoms with Crippen molar-refractivity contribution in [1.82, 2.24) is 15.2 Å². The summed E-state index contributed by atoms with van der Waals surface area (Å²) < 4.78 is 69.2. The summed E-state index contributed by atoms with van der Waals surface area (Å²) in [5, 5.41) is 26.9. The molecule has 0 saturated carbocycles. The third kappa shape index (κ3) is 11.6. The lowest BCUT2D eigenvalue weighted by Gasteiger charge is -2.14. The second-order valence-corrected chi connectivity index (χ2v) is 8.11. The van der Waals surface area contributed by atoms with Gasteiger partial charge in [0.1, 0.15) is 24.0 Å². The van der Waals surface area contributed by atoms with E-state index in [9.17, 15) is 31.1 Å². The molecule has 0 bridgehead atoms. The maximum absolute atomic E-state index is 12.2. The summed E-state index contributed by atoms with van der Waals surface area (Å²) in [5.41, 5.74) is 7.19. The number of ether oxygens (including phenoxy) is 1. The molecule has 42 heavy (non-hydrogen) atoms. The zero-order valence-corrected chi connectivity index (χ0v) is 21.9. The van der Waals surface area contributed by atoms with Crippen LogP contribution in [0.3, 0.4) is 0 Å². The number of carbonyl (C=O) groups excluding carboxylic acids is 1. The summed E-state index contributed by atoms with van der Waals surface area (Å²) in [6.45, 7) is 0.704. The number of anilines is 1. The van der Waals surface area contributed by atoms with E-state index in [1.807, 2.05) is 38.4 Å². The van der Waals surface area contributed by atoms with Gasteiger partial charge in [0.25, 0.3) is 5.91 Å². The Labute approximate surface area is 234 Å². The maximum Gasteiger partial charge on any atom is 0.490 e. The van der Waals surface area contributed by atoms with E-state index in [2.05, 4.69) is 10.3 Å². The predicted molar refractivity (Wildman–Crippen MR) is 138 cm³/mol. The molecule has 3 rings (SSSR count). The number of carboxylic acids is 2. The van der Waals surface area contributed by atoms with Crippen molar-refractivity contribution in [2.24, 2.45) is 0 Å². The van der Waals surface area contributed by atoms with Crippen molar-refractivity contribution < 1.29 is 55.7 Å². The van der Waals surface area contributed by atoms with Crippen molar-refractivity contribution in [3.05, 3.63) is 65.9 Å². The number of alkyl halides is 6. The van der Waals surface area contributed by atoms with Crippen LogP contribution >= 0.6 is 0 Å². The first kappa shape index (κ1) is 34.9. The molecule has 1 amide bonds. The molecule has 0 aliphatic rings. The molecule has 0 fully saturated rings. The minimum atomic E-state index is -5.08. The van der Waals surface area contributed by atoms with Crippen LogP contribution in [0.4, 0.5) is 32.2 Å². The molecule has 228 valence electrons. The fourth-order valence-electron chi connectivity index (χ4n) is 2.73. The number of pyridine rings is 1. The van der Waals surface area contributed by atoms with Crippen molar-refractivity contribution in [2.75, 3.05) is 33.0 Å². The molecule has 3 aromatic rings. The number of nitrogens with two attached hydrogens (primary N) is 1. The van der Waals surface area contributed by atoms with Gasteiger partial charge in [-0.05, 0) is 35.7 Å². The third-order valence-corrected chi connectivity index (χ3v) is 4.78. The van der Waals surface area contributed by atoms with Crippen LogP contribution < -0.4 is 15.8 Å². The number of aromatic nitrogens is 1. The Morgan fingerprint density at radius 3 is 1.90 bits per heavy atom. The van der Waals surface area contributed by atoms with Crippen LogP contribution in [0.25, 0.3) is 10.8 Å². The van der Waals surface area contributed by atoms with Gasteiger partial charge < -0.3 is 30.9 Å². The number of hydrogen-bond acceptors (Lipinski definition) is 7. The van der Waals surface area contributed by atoms with E-state index in [4.69, 9.17) is 35.7 Å². The van der Waals surface area contributed by atoms with Crippen LogP contribution in [-0.4, -0.2) is 83.4 Å². The van der Waals surface area contributed by atoms with Gasteiger partial charge in [-0.25, -0.2) is 14.6 Å². The Hall–Kier alpha value is -5.09. The fraction of sp³-hybridized carbons (Fsp3) is 0.240. The Bertz CT molecular complexity index is 1370. The quantitative estimate of drug-likeness (QED) is 0.121. The summed E-state index contributed by atoms with van der Waals surface area (Å²) in [6, 6.07) is 14.5. The summed E-state index contributed by atoms with van der Waals surface area (Å²) in [7, 11) is 3.62. The second-order valence-electron chi connectivity index (χ2n) is 8.11. The van der Waals surface area contributed by atoms with Crippen molar-refractivity contribution in [3.8, 4) is 5.75 Å². The molecule has 1 aromatic heterocycles. The molecule has 0 aliphatic heterocycles. The lowest BCUT2D eigenvalue weighted by atomic mass is 10.1. The van der Waals surface area contributed by atoms with E-state index < -0.39 is 24.3 Å². The number of benzene rings is 2. The SMILES string of the molecule is CN(C)C(=N)c1ccc(C(=O)NCCOc2ccc3ccnc(N)c3c2)cc1.O=C(O)C(F)(F)F.O=C(O)C(F)(F)F. The number of carbonyl (C=O) groups is 3. The van der Waals surface area contributed by atoms with Gasteiger partial charge >= 0.3 is 24.3 Å². The average molecular weight is 605 g/mol. The van der Waals surface area contributed by atoms with Gasteiger partial charge in [0, 0.05) is 36.8 Å². The van der Waals surface area contributed by atoms with Gasteiger partial charge in [0.2, 0.25) is 0 Å². The number of nitrogen functional groups attached to an aromatic ring is 1. The molecular weight excluding hydrogens is 580 g/mol. The van der Waals surface area contributed by atoms with E-state index in [0.717, 1.165) is 16.3 Å². The number of nitrogens with one attached hydrogen (secondary N) is 2. The number of fused-ring (bicyclic) bond motifs is 1. The third-order valence-electron chi connectivity index (χ3n) is 4.78. The Kier molecular flexibility index (Phi) is 12.5. The van der Waals surface area contributed by atoms with Gasteiger partial charge in [0.05, 0.1) is 6.54 Å². The van der Waals surface area contributed by atoms with Crippen LogP contribution in [0.2, 0.25) is 0 Å². The first-order valence-corrected chi connectivity index (χ1v) is 11.4. The lowest BCUT2D eigenvalue weighted by molar-refractivity contribution is -0.193. The van der Waals surface area contributed by atoms with Crippen LogP contribution in [-0.2, 0) is 9.59 Å². The first-order valence-electron chi connectivity index (χ1n) is 11.4. The zero-order chi connectivity index (χ0) is 32.3. The number of halogens is 6. The number of carboxylic acid groups (broad SMARTS) is 2. The summed E-state index contributed by atoms with van der Waals surface area (Å²) in [6.07, 6.45) is -8.50. The monoisotopic (exact) mass is 605 g/mol. The molecule has 2 aromatic carbocycles. The van der Waals surface area contributed by atoms with Crippen LogP contribution in [0.1, 0.15) is 15.9 Å². The molecule has 11 nitrogen and oxygen atoms in total. The molecule has 17 heteroatoms. The lowest BCUT2D eigenvalue weighted by Crippen LogP contribution is -2.28. The first-order chi connectivity index (χ1) is 19.3. The maximum atomic E-state index is 12.2. The molecule has 6 N–H and O–H groups in total. The number of amides is 1. The van der Waals surface area contributed by atoms with Crippen molar-refractivity contribution in [3.63, 3.8) is 0 Å². The largest absolute Gasteiger partial charge is 0.492 e. The summed E-state index contributed by atoms with van der Waals surface area (Å²) in [5.74, 6) is -4.17. The van der Waals surface area contributed by atoms with Crippen LogP contribution in [0.15, 0.2) is 54.7 Å². The number of amidine groups is 1. The Morgan fingerprint density at radius 1 is 0.929 bits per heavy atom. The molecule has 0 spiro atoms. The standard InChI is InChI=1S/C21H23N5O2.2C2HF3O2/c1-26(2)20(23)15-3-5-16(6-4-15)21(27)25-11-12-28-17-8-7-14-9-10-24-19(22)18(14)13-17;2*3-2(4,5)1(6)7/h3-10,13,23H,11-12H2,1-2H3,(H2,22,24)(H,25,27);2*(H,6,7). The highest BCUT2D eigenvalue weighted by Crippen LogP contribution is 2.24. The minimum Gasteiger partial charge on any atom is -0.492 e. The average Bonchev–Trinajstić information content (AvgIpc) is 2.90. The van der Waals surface area contributed by atoms with Crippen LogP contribution in [0, 0.1) is 5.41 Å². The number of nitrogens with zero attached hydrogens (tertiary/aromatic N) is 2. The molecule has 1 heterocycles. The highest BCUT2D eigenvalue weighted by molar-refractivity contribution is 5.98. The minimum absolute atomic E-state index is 0.182. The molecule has 0 radical (unpaired) electrons. The highest BCUT2D eigenvalue weighted by atomic mass is 19.4. The van der Waals surface area contributed by atoms with Gasteiger partial charge in [0.15, 0.2) is 0 Å². The zero-order valence-electron chi connectivity index (χ0n) is 21.9. The topological polar surface area (TPSA) is 179 Å². The smallest absolute Gasteiger partial charge is 0.490 e. The van der Waals surface area contributed by atoms with Crippen molar-refractivity contribution in [1.29, 1.82) is 5.41 Å².